The number of nitrogens with two attached hydrogens (primary N) is 1. The van der Waals surface area contributed by atoms with Crippen molar-refractivity contribution < 1.29 is 13.5 Å². The summed E-state index contributed by atoms with van der Waals surface area (Å²) in [7, 11) is 1.99. The summed E-state index contributed by atoms with van der Waals surface area (Å²) in [4.78, 5) is 2.16. The average molecular weight is 319 g/mol. The molecule has 21 heavy (non-hydrogen) atoms. The third-order valence-corrected chi connectivity index (χ3v) is 4.38. The van der Waals surface area contributed by atoms with Gasteiger partial charge in [-0.3, -0.25) is 4.90 Å². The second kappa shape index (κ2) is 7.38. The SMILES string of the molecule is CN(Cc1cc(Cl)ccc1OC(F)F)C1CCCC1CN. The number of nitrogens with zero attached hydrogens (tertiary/aromatic N) is 1. The van der Waals surface area contributed by atoms with Gasteiger partial charge in [0.2, 0.25) is 0 Å². The standard InChI is InChI=1S/C15H21ClF2N2O/c1-20(13-4-2-3-10(13)8-19)9-11-7-12(16)5-6-14(11)21-15(17)18/h5-7,10,13,15H,2-4,8-9,19H2,1H3. The van der Waals surface area contributed by atoms with Crippen molar-refractivity contribution in [3.05, 3.63) is 28.8 Å². The number of rotatable bonds is 6. The first-order valence-corrected chi connectivity index (χ1v) is 7.52. The summed E-state index contributed by atoms with van der Waals surface area (Å²) in [6.45, 7) is -1.66. The minimum atomic E-state index is -2.83. The van der Waals surface area contributed by atoms with Crippen LogP contribution < -0.4 is 10.5 Å². The third kappa shape index (κ3) is 4.28. The van der Waals surface area contributed by atoms with Gasteiger partial charge < -0.3 is 10.5 Å². The van der Waals surface area contributed by atoms with Gasteiger partial charge in [-0.2, -0.15) is 8.78 Å². The summed E-state index contributed by atoms with van der Waals surface area (Å²) in [5, 5.41) is 0.516. The Bertz CT molecular complexity index is 473. The van der Waals surface area contributed by atoms with E-state index >= 15 is 0 Å². The second-order valence-corrected chi connectivity index (χ2v) is 5.98. The summed E-state index contributed by atoms with van der Waals surface area (Å²) in [5.74, 6) is 0.650. The highest BCUT2D eigenvalue weighted by molar-refractivity contribution is 6.30. The second-order valence-electron chi connectivity index (χ2n) is 5.54. The molecule has 2 N–H and O–H groups in total. The van der Waals surface area contributed by atoms with Gasteiger partial charge in [-0.25, -0.2) is 0 Å². The summed E-state index contributed by atoms with van der Waals surface area (Å²) >= 11 is 5.97. The minimum Gasteiger partial charge on any atom is -0.434 e. The van der Waals surface area contributed by atoms with Crippen LogP contribution in [0.3, 0.4) is 0 Å². The van der Waals surface area contributed by atoms with Crippen LogP contribution in [-0.4, -0.2) is 31.1 Å². The fourth-order valence-corrected chi connectivity index (χ4v) is 3.34. The monoisotopic (exact) mass is 318 g/mol. The first-order valence-electron chi connectivity index (χ1n) is 7.14. The van der Waals surface area contributed by atoms with Crippen LogP contribution in [0.5, 0.6) is 5.75 Å². The number of halogens is 3. The molecule has 0 radical (unpaired) electrons. The Morgan fingerprint density at radius 3 is 2.86 bits per heavy atom. The molecule has 0 aromatic heterocycles. The smallest absolute Gasteiger partial charge is 0.387 e. The Labute approximate surface area is 129 Å². The van der Waals surface area contributed by atoms with Gasteiger partial charge in [0.25, 0.3) is 0 Å². The van der Waals surface area contributed by atoms with Crippen molar-refractivity contribution in [1.29, 1.82) is 0 Å². The van der Waals surface area contributed by atoms with Gasteiger partial charge in [0.1, 0.15) is 5.75 Å². The number of ether oxygens (including phenoxy) is 1. The molecule has 1 aromatic rings. The van der Waals surface area contributed by atoms with Crippen LogP contribution >= 0.6 is 11.6 Å². The molecule has 2 rings (SSSR count). The number of hydrogen-bond acceptors (Lipinski definition) is 3. The molecule has 3 nitrogen and oxygen atoms in total. The summed E-state index contributed by atoms with van der Waals surface area (Å²) < 4.78 is 29.5. The van der Waals surface area contributed by atoms with Crippen LogP contribution in [0.4, 0.5) is 8.78 Å². The Kier molecular flexibility index (Phi) is 5.79. The molecule has 0 spiro atoms. The maximum atomic E-state index is 12.5. The number of benzene rings is 1. The van der Waals surface area contributed by atoms with Crippen molar-refractivity contribution >= 4 is 11.6 Å². The quantitative estimate of drug-likeness (QED) is 0.872. The maximum absolute atomic E-state index is 12.5. The van der Waals surface area contributed by atoms with Gasteiger partial charge in [0.15, 0.2) is 0 Å². The Balaban J connectivity index is 2.12. The van der Waals surface area contributed by atoms with Gasteiger partial charge in [0.05, 0.1) is 0 Å². The van der Waals surface area contributed by atoms with Crippen LogP contribution in [0.2, 0.25) is 5.02 Å². The summed E-state index contributed by atoms with van der Waals surface area (Å²) in [6, 6.07) is 5.11. The van der Waals surface area contributed by atoms with Gasteiger partial charge >= 0.3 is 6.61 Å². The predicted octanol–water partition coefficient (Wildman–Crippen LogP) is 3.50. The lowest BCUT2D eigenvalue weighted by Crippen LogP contribution is -2.37. The van der Waals surface area contributed by atoms with Gasteiger partial charge in [-0.1, -0.05) is 18.0 Å². The first kappa shape index (κ1) is 16.5. The van der Waals surface area contributed by atoms with E-state index in [1.54, 1.807) is 12.1 Å². The van der Waals surface area contributed by atoms with Crippen molar-refractivity contribution in [3.8, 4) is 5.75 Å². The van der Waals surface area contributed by atoms with E-state index in [0.29, 0.717) is 35.6 Å². The van der Waals surface area contributed by atoms with Crippen molar-refractivity contribution in [2.45, 2.75) is 38.5 Å². The van der Waals surface area contributed by atoms with E-state index in [4.69, 9.17) is 17.3 Å². The van der Waals surface area contributed by atoms with E-state index in [-0.39, 0.29) is 5.75 Å². The first-order chi connectivity index (χ1) is 10.0. The molecule has 2 atom stereocenters. The zero-order valence-electron chi connectivity index (χ0n) is 12.1. The zero-order chi connectivity index (χ0) is 15.4. The van der Waals surface area contributed by atoms with Gasteiger partial charge in [0, 0.05) is 23.2 Å². The molecule has 1 aliphatic carbocycles. The van der Waals surface area contributed by atoms with E-state index in [9.17, 15) is 8.78 Å². The molecule has 1 fully saturated rings. The third-order valence-electron chi connectivity index (χ3n) is 4.15. The average Bonchev–Trinajstić information content (AvgIpc) is 2.90. The van der Waals surface area contributed by atoms with Crippen molar-refractivity contribution in [1.82, 2.24) is 4.90 Å². The molecule has 0 saturated heterocycles. The molecule has 2 unspecified atom stereocenters. The van der Waals surface area contributed by atoms with Crippen LogP contribution in [0, 0.1) is 5.92 Å². The molecule has 0 bridgehead atoms. The van der Waals surface area contributed by atoms with Crippen LogP contribution in [0.25, 0.3) is 0 Å². The van der Waals surface area contributed by atoms with E-state index in [0.717, 1.165) is 19.3 Å². The lowest BCUT2D eigenvalue weighted by Gasteiger charge is -2.29. The summed E-state index contributed by atoms with van der Waals surface area (Å²) in [5.41, 5.74) is 6.48. The zero-order valence-corrected chi connectivity index (χ0v) is 12.8. The van der Waals surface area contributed by atoms with Crippen LogP contribution in [-0.2, 0) is 6.54 Å². The molecular weight excluding hydrogens is 298 g/mol. The number of hydrogen-bond donors (Lipinski definition) is 1. The molecule has 1 saturated carbocycles. The largest absolute Gasteiger partial charge is 0.434 e. The lowest BCUT2D eigenvalue weighted by molar-refractivity contribution is -0.0508. The van der Waals surface area contributed by atoms with Crippen molar-refractivity contribution in [2.75, 3.05) is 13.6 Å². The molecule has 0 heterocycles. The highest BCUT2D eigenvalue weighted by Gasteiger charge is 2.29. The van der Waals surface area contributed by atoms with E-state index in [1.807, 2.05) is 7.05 Å². The highest BCUT2D eigenvalue weighted by atomic mass is 35.5. The molecular formula is C15H21ClF2N2O. The Morgan fingerprint density at radius 1 is 1.43 bits per heavy atom. The van der Waals surface area contributed by atoms with Gasteiger partial charge in [-0.15, -0.1) is 0 Å². The van der Waals surface area contributed by atoms with Crippen LogP contribution in [0.1, 0.15) is 24.8 Å². The highest BCUT2D eigenvalue weighted by Crippen LogP contribution is 2.31. The molecule has 1 aliphatic rings. The van der Waals surface area contributed by atoms with Crippen LogP contribution in [0.15, 0.2) is 18.2 Å². The fraction of sp³-hybridized carbons (Fsp3) is 0.600. The van der Waals surface area contributed by atoms with Gasteiger partial charge in [-0.05, 0) is 50.6 Å². The maximum Gasteiger partial charge on any atom is 0.387 e. The molecule has 6 heteroatoms. The molecule has 118 valence electrons. The lowest BCUT2D eigenvalue weighted by atomic mass is 10.0. The fourth-order valence-electron chi connectivity index (χ4n) is 3.14. The van der Waals surface area contributed by atoms with E-state index in [1.165, 1.54) is 6.07 Å². The predicted molar refractivity (Wildman–Crippen MR) is 79.7 cm³/mol. The topological polar surface area (TPSA) is 38.5 Å². The summed E-state index contributed by atoms with van der Waals surface area (Å²) in [6.07, 6.45) is 3.37. The Hall–Kier alpha value is -0.910. The van der Waals surface area contributed by atoms with E-state index < -0.39 is 6.61 Å². The minimum absolute atomic E-state index is 0.184. The Morgan fingerprint density at radius 2 is 2.19 bits per heavy atom. The van der Waals surface area contributed by atoms with Crippen molar-refractivity contribution in [2.24, 2.45) is 11.7 Å². The number of alkyl halides is 2. The molecule has 1 aromatic carbocycles. The molecule has 0 amide bonds. The van der Waals surface area contributed by atoms with E-state index in [2.05, 4.69) is 9.64 Å². The van der Waals surface area contributed by atoms with Crippen molar-refractivity contribution in [3.63, 3.8) is 0 Å². The normalized spacial score (nSPS) is 22.2. The molecule has 0 aliphatic heterocycles.